The maximum Gasteiger partial charge on any atom is 0.205 e. The number of hydrogen-bond donors (Lipinski definition) is 1. The van der Waals surface area contributed by atoms with Crippen molar-refractivity contribution in [1.29, 1.82) is 0 Å². The van der Waals surface area contributed by atoms with E-state index in [2.05, 4.69) is 40.3 Å². The summed E-state index contributed by atoms with van der Waals surface area (Å²) in [5, 5.41) is 13.8. The van der Waals surface area contributed by atoms with Crippen LogP contribution in [0.4, 0.5) is 5.13 Å². The van der Waals surface area contributed by atoms with Crippen molar-refractivity contribution in [3.8, 4) is 0 Å². The molecule has 3 heterocycles. The van der Waals surface area contributed by atoms with Crippen LogP contribution in [-0.4, -0.2) is 47.9 Å². The fourth-order valence-electron chi connectivity index (χ4n) is 2.65. The van der Waals surface area contributed by atoms with Gasteiger partial charge in [-0.15, -0.1) is 10.2 Å². The zero-order chi connectivity index (χ0) is 16.2. The normalized spacial score (nSPS) is 17.6. The molecule has 2 aromatic heterocycles. The first kappa shape index (κ1) is 16.4. The second-order valence-corrected chi connectivity index (χ2v) is 7.10. The molecule has 1 unspecified atom stereocenters. The fraction of sp³-hybridized carbons (Fsp3) is 0.625. The van der Waals surface area contributed by atoms with E-state index in [0.717, 1.165) is 54.5 Å². The molecule has 1 aliphatic rings. The Balaban J connectivity index is 1.70. The number of nitrogens with zero attached hydrogens (tertiary/aromatic N) is 3. The molecule has 1 atom stereocenters. The number of hydrogen-bond acceptors (Lipinski definition) is 7. The minimum Gasteiger partial charge on any atom is -0.465 e. The largest absolute Gasteiger partial charge is 0.465 e. The molecule has 6 nitrogen and oxygen atoms in total. The first-order valence-electron chi connectivity index (χ1n) is 8.09. The van der Waals surface area contributed by atoms with Gasteiger partial charge < -0.3 is 14.5 Å². The second kappa shape index (κ2) is 7.42. The first-order valence-corrected chi connectivity index (χ1v) is 8.90. The summed E-state index contributed by atoms with van der Waals surface area (Å²) in [6, 6.07) is 4.26. The van der Waals surface area contributed by atoms with Crippen LogP contribution in [0.3, 0.4) is 0 Å². The van der Waals surface area contributed by atoms with Crippen molar-refractivity contribution in [2.24, 2.45) is 0 Å². The van der Waals surface area contributed by atoms with Gasteiger partial charge in [0, 0.05) is 25.6 Å². The Kier molecular flexibility index (Phi) is 5.30. The zero-order valence-electron chi connectivity index (χ0n) is 13.9. The van der Waals surface area contributed by atoms with Crippen LogP contribution < -0.4 is 5.32 Å². The summed E-state index contributed by atoms with van der Waals surface area (Å²) >= 11 is 1.62. The van der Waals surface area contributed by atoms with Crippen LogP contribution >= 0.6 is 11.3 Å². The summed E-state index contributed by atoms with van der Waals surface area (Å²) in [6.45, 7) is 10.4. The number of aromatic nitrogens is 2. The monoisotopic (exact) mass is 336 g/mol. The van der Waals surface area contributed by atoms with Crippen molar-refractivity contribution in [2.45, 2.75) is 32.7 Å². The molecule has 2 aromatic rings. The number of aryl methyl sites for hydroxylation is 1. The number of furan rings is 1. The molecule has 0 aliphatic carbocycles. The molecule has 1 saturated heterocycles. The standard InChI is InChI=1S/C16H24N4O2S/c1-11(2)15-18-19-16(23-15)17-10-13(14-5-4-12(3)22-14)20-6-8-21-9-7-20/h4-5,11,13H,6-10H2,1-3H3,(H,17,19). The molecule has 1 aliphatic heterocycles. The van der Waals surface area contributed by atoms with Crippen LogP contribution in [0.25, 0.3) is 0 Å². The van der Waals surface area contributed by atoms with Gasteiger partial charge in [-0.2, -0.15) is 0 Å². The lowest BCUT2D eigenvalue weighted by molar-refractivity contribution is 0.0143. The van der Waals surface area contributed by atoms with Gasteiger partial charge in [-0.3, -0.25) is 4.90 Å². The lowest BCUT2D eigenvalue weighted by Crippen LogP contribution is -2.41. The van der Waals surface area contributed by atoms with Gasteiger partial charge in [0.1, 0.15) is 16.5 Å². The molecule has 1 N–H and O–H groups in total. The van der Waals surface area contributed by atoms with Crippen LogP contribution in [-0.2, 0) is 4.74 Å². The van der Waals surface area contributed by atoms with Crippen molar-refractivity contribution >= 4 is 16.5 Å². The minimum absolute atomic E-state index is 0.180. The summed E-state index contributed by atoms with van der Waals surface area (Å²) in [7, 11) is 0. The van der Waals surface area contributed by atoms with Crippen molar-refractivity contribution < 1.29 is 9.15 Å². The maximum absolute atomic E-state index is 5.88. The van der Waals surface area contributed by atoms with E-state index in [1.165, 1.54) is 0 Å². The van der Waals surface area contributed by atoms with Crippen LogP contribution in [0.15, 0.2) is 16.5 Å². The van der Waals surface area contributed by atoms with Crippen molar-refractivity contribution in [1.82, 2.24) is 15.1 Å². The Morgan fingerprint density at radius 2 is 2.04 bits per heavy atom. The molecule has 0 aromatic carbocycles. The van der Waals surface area contributed by atoms with E-state index in [0.29, 0.717) is 5.92 Å². The van der Waals surface area contributed by atoms with Gasteiger partial charge in [-0.05, 0) is 19.1 Å². The van der Waals surface area contributed by atoms with Gasteiger partial charge in [0.25, 0.3) is 0 Å². The molecule has 7 heteroatoms. The van der Waals surface area contributed by atoms with Gasteiger partial charge >= 0.3 is 0 Å². The van der Waals surface area contributed by atoms with Gasteiger partial charge in [-0.25, -0.2) is 0 Å². The number of anilines is 1. The summed E-state index contributed by atoms with van der Waals surface area (Å²) in [5.74, 6) is 2.34. The van der Waals surface area contributed by atoms with Crippen LogP contribution in [0.1, 0.15) is 42.3 Å². The summed E-state index contributed by atoms with van der Waals surface area (Å²) in [5.41, 5.74) is 0. The Bertz CT molecular complexity index is 619. The number of nitrogens with one attached hydrogen (secondary N) is 1. The molecule has 0 bridgehead atoms. The van der Waals surface area contributed by atoms with E-state index in [4.69, 9.17) is 9.15 Å². The molecule has 3 rings (SSSR count). The van der Waals surface area contributed by atoms with Crippen LogP contribution in [0.5, 0.6) is 0 Å². The SMILES string of the molecule is Cc1ccc(C(CNc2nnc(C(C)C)s2)N2CCOCC2)o1. The molecular weight excluding hydrogens is 312 g/mol. The lowest BCUT2D eigenvalue weighted by atomic mass is 10.1. The highest BCUT2D eigenvalue weighted by Gasteiger charge is 2.25. The van der Waals surface area contributed by atoms with E-state index in [1.54, 1.807) is 11.3 Å². The molecule has 23 heavy (non-hydrogen) atoms. The van der Waals surface area contributed by atoms with Gasteiger partial charge in [0.2, 0.25) is 5.13 Å². The van der Waals surface area contributed by atoms with Crippen LogP contribution in [0.2, 0.25) is 0 Å². The Hall–Kier alpha value is -1.44. The molecule has 0 spiro atoms. The predicted molar refractivity (Wildman–Crippen MR) is 91.1 cm³/mol. The third-order valence-electron chi connectivity index (χ3n) is 3.96. The topological polar surface area (TPSA) is 63.4 Å². The highest BCUT2D eigenvalue weighted by molar-refractivity contribution is 7.15. The highest BCUT2D eigenvalue weighted by atomic mass is 32.1. The highest BCUT2D eigenvalue weighted by Crippen LogP contribution is 2.27. The van der Waals surface area contributed by atoms with E-state index in [1.807, 2.05) is 13.0 Å². The summed E-state index contributed by atoms with van der Waals surface area (Å²) < 4.78 is 11.3. The predicted octanol–water partition coefficient (Wildman–Crippen LogP) is 3.05. The van der Waals surface area contributed by atoms with Crippen molar-refractivity contribution in [2.75, 3.05) is 38.2 Å². The Morgan fingerprint density at radius 3 is 2.65 bits per heavy atom. The Labute approximate surface area is 140 Å². The third-order valence-corrected chi connectivity index (χ3v) is 5.14. The molecule has 126 valence electrons. The van der Waals surface area contributed by atoms with Crippen molar-refractivity contribution in [3.05, 3.63) is 28.7 Å². The summed E-state index contributed by atoms with van der Waals surface area (Å²) in [4.78, 5) is 2.40. The van der Waals surface area contributed by atoms with E-state index >= 15 is 0 Å². The molecule has 0 saturated carbocycles. The zero-order valence-corrected chi connectivity index (χ0v) is 14.7. The number of morpholine rings is 1. The molecule has 0 radical (unpaired) electrons. The Morgan fingerprint density at radius 1 is 1.26 bits per heavy atom. The smallest absolute Gasteiger partial charge is 0.205 e. The van der Waals surface area contributed by atoms with E-state index in [9.17, 15) is 0 Å². The minimum atomic E-state index is 0.180. The fourth-order valence-corrected chi connectivity index (χ4v) is 3.41. The molecular formula is C16H24N4O2S. The summed E-state index contributed by atoms with van der Waals surface area (Å²) in [6.07, 6.45) is 0. The average molecular weight is 336 g/mol. The van der Waals surface area contributed by atoms with Crippen LogP contribution in [0, 0.1) is 6.92 Å². The third kappa shape index (κ3) is 4.10. The molecule has 1 fully saturated rings. The van der Waals surface area contributed by atoms with Crippen molar-refractivity contribution in [3.63, 3.8) is 0 Å². The maximum atomic E-state index is 5.88. The van der Waals surface area contributed by atoms with Gasteiger partial charge in [-0.1, -0.05) is 25.2 Å². The van der Waals surface area contributed by atoms with Gasteiger partial charge in [0.05, 0.1) is 19.3 Å². The van der Waals surface area contributed by atoms with Gasteiger partial charge in [0.15, 0.2) is 0 Å². The second-order valence-electron chi connectivity index (χ2n) is 6.09. The van der Waals surface area contributed by atoms with E-state index in [-0.39, 0.29) is 6.04 Å². The van der Waals surface area contributed by atoms with E-state index < -0.39 is 0 Å². The quantitative estimate of drug-likeness (QED) is 0.875. The number of ether oxygens (including phenoxy) is 1. The molecule has 0 amide bonds. The number of rotatable bonds is 6. The first-order chi connectivity index (χ1) is 11.1. The average Bonchev–Trinajstić information content (AvgIpc) is 3.18. The lowest BCUT2D eigenvalue weighted by Gasteiger charge is -2.33.